The van der Waals surface area contributed by atoms with Crippen LogP contribution < -0.4 is 22.9 Å². The molecular formula is C11H18N10O2. The molecule has 0 saturated heterocycles. The van der Waals surface area contributed by atoms with E-state index < -0.39 is 0 Å². The number of ether oxygens (including phenoxy) is 2. The molecular weight excluding hydrogens is 304 g/mol. The van der Waals surface area contributed by atoms with E-state index >= 15 is 0 Å². The fourth-order valence-electron chi connectivity index (χ4n) is 1.64. The molecule has 0 unspecified atom stereocenters. The fraction of sp³-hybridized carbons (Fsp3) is 0.455. The van der Waals surface area contributed by atoms with Gasteiger partial charge in [-0.15, -0.1) is 0 Å². The van der Waals surface area contributed by atoms with E-state index in [0.29, 0.717) is 37.7 Å². The van der Waals surface area contributed by atoms with Crippen LogP contribution in [0.4, 0.5) is 23.8 Å². The lowest BCUT2D eigenvalue weighted by molar-refractivity contribution is -0.0522. The molecule has 0 spiro atoms. The number of hydrogen-bond donors (Lipinski definition) is 4. The standard InChI is InChI=1S/C11H18N10O2/c12-8-16-6(17-9(13)20-8)1-3-22-5-23-4-2-7-18-10(14)21-11(15)19-7/h1-5H2,(H4,12,13,16,17,20)(H4,14,15,18,19,21). The molecule has 2 aromatic heterocycles. The van der Waals surface area contributed by atoms with Gasteiger partial charge in [-0.2, -0.15) is 29.9 Å². The largest absolute Gasteiger partial charge is 0.368 e. The van der Waals surface area contributed by atoms with Crippen molar-refractivity contribution < 1.29 is 9.47 Å². The topological polar surface area (TPSA) is 200 Å². The van der Waals surface area contributed by atoms with Gasteiger partial charge in [-0.3, -0.25) is 0 Å². The van der Waals surface area contributed by atoms with Crippen molar-refractivity contribution in [3.05, 3.63) is 11.6 Å². The Morgan fingerprint density at radius 3 is 1.26 bits per heavy atom. The average molecular weight is 322 g/mol. The highest BCUT2D eigenvalue weighted by atomic mass is 16.7. The zero-order chi connectivity index (χ0) is 16.7. The normalized spacial score (nSPS) is 10.8. The predicted octanol–water partition coefficient (Wildman–Crippen LogP) is -1.84. The third kappa shape index (κ3) is 5.80. The van der Waals surface area contributed by atoms with Gasteiger partial charge in [0.05, 0.1) is 13.2 Å². The summed E-state index contributed by atoms with van der Waals surface area (Å²) >= 11 is 0. The molecule has 0 aliphatic rings. The average Bonchev–Trinajstić information content (AvgIpc) is 2.44. The second kappa shape index (κ2) is 7.95. The van der Waals surface area contributed by atoms with Crippen molar-refractivity contribution in [2.45, 2.75) is 12.8 Å². The van der Waals surface area contributed by atoms with Gasteiger partial charge in [-0.05, 0) is 0 Å². The quantitative estimate of drug-likeness (QED) is 0.313. The minimum Gasteiger partial charge on any atom is -0.368 e. The van der Waals surface area contributed by atoms with Crippen LogP contribution in [0.1, 0.15) is 11.6 Å². The van der Waals surface area contributed by atoms with Crippen molar-refractivity contribution >= 4 is 23.8 Å². The molecule has 124 valence electrons. The highest BCUT2D eigenvalue weighted by Crippen LogP contribution is 2.01. The number of nitrogen functional groups attached to an aromatic ring is 4. The van der Waals surface area contributed by atoms with E-state index in [1.54, 1.807) is 0 Å². The minimum absolute atomic E-state index is 0.0830. The van der Waals surface area contributed by atoms with Gasteiger partial charge in [0.2, 0.25) is 23.8 Å². The zero-order valence-corrected chi connectivity index (χ0v) is 12.3. The molecule has 0 radical (unpaired) electrons. The molecule has 23 heavy (non-hydrogen) atoms. The van der Waals surface area contributed by atoms with Gasteiger partial charge >= 0.3 is 0 Å². The molecule has 0 aliphatic heterocycles. The van der Waals surface area contributed by atoms with Gasteiger partial charge in [0.25, 0.3) is 0 Å². The van der Waals surface area contributed by atoms with Crippen molar-refractivity contribution in [2.24, 2.45) is 0 Å². The Kier molecular flexibility index (Phi) is 5.71. The van der Waals surface area contributed by atoms with Gasteiger partial charge in [0.1, 0.15) is 18.4 Å². The van der Waals surface area contributed by atoms with E-state index in [1.807, 2.05) is 0 Å². The summed E-state index contributed by atoms with van der Waals surface area (Å²) in [5, 5.41) is 0. The summed E-state index contributed by atoms with van der Waals surface area (Å²) in [4.78, 5) is 23.1. The van der Waals surface area contributed by atoms with Crippen LogP contribution in [-0.4, -0.2) is 49.9 Å². The number of hydrogen-bond acceptors (Lipinski definition) is 12. The van der Waals surface area contributed by atoms with Crippen molar-refractivity contribution in [3.63, 3.8) is 0 Å². The summed E-state index contributed by atoms with van der Waals surface area (Å²) < 4.78 is 10.6. The third-order valence-electron chi connectivity index (χ3n) is 2.54. The number of aromatic nitrogens is 6. The second-order valence-corrected chi connectivity index (χ2v) is 4.37. The molecule has 0 saturated carbocycles. The maximum atomic E-state index is 5.46. The highest BCUT2D eigenvalue weighted by molar-refractivity contribution is 5.26. The smallest absolute Gasteiger partial charge is 0.225 e. The number of anilines is 4. The summed E-state index contributed by atoms with van der Waals surface area (Å²) in [7, 11) is 0. The Morgan fingerprint density at radius 2 is 0.913 bits per heavy atom. The molecule has 0 aliphatic carbocycles. The van der Waals surface area contributed by atoms with Crippen LogP contribution in [0.2, 0.25) is 0 Å². The Hall–Kier alpha value is -2.86. The fourth-order valence-corrected chi connectivity index (χ4v) is 1.64. The van der Waals surface area contributed by atoms with Crippen LogP contribution in [-0.2, 0) is 22.3 Å². The van der Waals surface area contributed by atoms with Crippen LogP contribution >= 0.6 is 0 Å². The van der Waals surface area contributed by atoms with Crippen molar-refractivity contribution in [1.82, 2.24) is 29.9 Å². The van der Waals surface area contributed by atoms with Crippen molar-refractivity contribution in [2.75, 3.05) is 42.9 Å². The Balaban J connectivity index is 1.60. The van der Waals surface area contributed by atoms with E-state index in [1.165, 1.54) is 0 Å². The van der Waals surface area contributed by atoms with Gasteiger partial charge in [0, 0.05) is 12.8 Å². The van der Waals surface area contributed by atoms with Gasteiger partial charge in [-0.1, -0.05) is 0 Å². The Labute approximate surface area is 131 Å². The SMILES string of the molecule is Nc1nc(N)nc(CCOCOCCc2nc(N)nc(N)n2)n1. The Bertz CT molecular complexity index is 557. The molecule has 2 rings (SSSR count). The molecule has 0 amide bonds. The van der Waals surface area contributed by atoms with Gasteiger partial charge < -0.3 is 32.4 Å². The van der Waals surface area contributed by atoms with Crippen LogP contribution in [0.15, 0.2) is 0 Å². The second-order valence-electron chi connectivity index (χ2n) is 4.37. The first-order valence-electron chi connectivity index (χ1n) is 6.70. The summed E-state index contributed by atoms with van der Waals surface area (Å²) in [5.41, 5.74) is 21.9. The summed E-state index contributed by atoms with van der Waals surface area (Å²) in [6.07, 6.45) is 0.891. The first-order valence-corrected chi connectivity index (χ1v) is 6.70. The molecule has 0 aromatic carbocycles. The van der Waals surface area contributed by atoms with Gasteiger partial charge in [0.15, 0.2) is 0 Å². The maximum absolute atomic E-state index is 5.46. The molecule has 8 N–H and O–H groups in total. The maximum Gasteiger partial charge on any atom is 0.225 e. The van der Waals surface area contributed by atoms with E-state index in [4.69, 9.17) is 32.4 Å². The lowest BCUT2D eigenvalue weighted by atomic mass is 10.4. The van der Waals surface area contributed by atoms with Gasteiger partial charge in [-0.25, -0.2) is 0 Å². The molecule has 2 aromatic rings. The predicted molar refractivity (Wildman–Crippen MR) is 81.5 cm³/mol. The number of nitrogens with zero attached hydrogens (tertiary/aromatic N) is 6. The lowest BCUT2D eigenvalue weighted by Crippen LogP contribution is -2.12. The van der Waals surface area contributed by atoms with Crippen LogP contribution in [0, 0.1) is 0 Å². The number of rotatable bonds is 8. The summed E-state index contributed by atoms with van der Waals surface area (Å²) in [5.74, 6) is 1.26. The molecule has 0 atom stereocenters. The molecule has 2 heterocycles. The van der Waals surface area contributed by atoms with Crippen LogP contribution in [0.3, 0.4) is 0 Å². The van der Waals surface area contributed by atoms with E-state index in [0.717, 1.165) is 0 Å². The third-order valence-corrected chi connectivity index (χ3v) is 2.54. The first-order chi connectivity index (χ1) is 11.0. The molecule has 12 nitrogen and oxygen atoms in total. The van der Waals surface area contributed by atoms with E-state index in [2.05, 4.69) is 29.9 Å². The number of nitrogens with two attached hydrogens (primary N) is 4. The highest BCUT2D eigenvalue weighted by Gasteiger charge is 2.03. The van der Waals surface area contributed by atoms with Crippen LogP contribution in [0.5, 0.6) is 0 Å². The van der Waals surface area contributed by atoms with E-state index in [9.17, 15) is 0 Å². The minimum atomic E-state index is 0.0830. The molecule has 0 fully saturated rings. The lowest BCUT2D eigenvalue weighted by Gasteiger charge is -2.06. The summed E-state index contributed by atoms with van der Waals surface area (Å²) in [6, 6.07) is 0. The monoisotopic (exact) mass is 322 g/mol. The van der Waals surface area contributed by atoms with E-state index in [-0.39, 0.29) is 30.6 Å². The van der Waals surface area contributed by atoms with Crippen LogP contribution in [0.25, 0.3) is 0 Å². The summed E-state index contributed by atoms with van der Waals surface area (Å²) in [6.45, 7) is 0.815. The van der Waals surface area contributed by atoms with Crippen molar-refractivity contribution in [1.29, 1.82) is 0 Å². The molecule has 12 heteroatoms. The molecule has 0 bridgehead atoms. The zero-order valence-electron chi connectivity index (χ0n) is 12.3. The van der Waals surface area contributed by atoms with Crippen molar-refractivity contribution in [3.8, 4) is 0 Å². The first kappa shape index (κ1) is 16.5. The Morgan fingerprint density at radius 1 is 0.565 bits per heavy atom.